The van der Waals surface area contributed by atoms with Gasteiger partial charge in [-0.25, -0.2) is 4.79 Å². The smallest absolute Gasteiger partial charge is 0.329 e. The van der Waals surface area contributed by atoms with Crippen molar-refractivity contribution in [2.24, 2.45) is 5.92 Å². The maximum absolute atomic E-state index is 13.1. The third kappa shape index (κ3) is 6.25. The quantitative estimate of drug-likeness (QED) is 0.348. The molecule has 0 fully saturated rings. The number of carbonyl (C=O) groups excluding carboxylic acids is 1. The number of hydrogen-bond donors (Lipinski definition) is 0. The van der Waals surface area contributed by atoms with Gasteiger partial charge in [0.05, 0.1) is 0 Å². The summed E-state index contributed by atoms with van der Waals surface area (Å²) in [5, 5.41) is 0.668. The zero-order chi connectivity index (χ0) is 22.2. The van der Waals surface area contributed by atoms with Gasteiger partial charge in [-0.1, -0.05) is 55.8 Å². The molecule has 4 nitrogen and oxygen atoms in total. The van der Waals surface area contributed by atoms with Gasteiger partial charge in [0.2, 0.25) is 0 Å². The van der Waals surface area contributed by atoms with E-state index in [1.54, 1.807) is 0 Å². The van der Waals surface area contributed by atoms with Crippen LogP contribution < -0.4 is 9.64 Å². The highest BCUT2D eigenvalue weighted by atomic mass is 35.5. The van der Waals surface area contributed by atoms with Crippen LogP contribution in [0.25, 0.3) is 0 Å². The Kier molecular flexibility index (Phi) is 7.96. The van der Waals surface area contributed by atoms with E-state index in [2.05, 4.69) is 4.90 Å². The van der Waals surface area contributed by atoms with Crippen LogP contribution in [0.4, 0.5) is 5.69 Å². The summed E-state index contributed by atoms with van der Waals surface area (Å²) in [6.45, 7) is 6.95. The van der Waals surface area contributed by atoms with Crippen LogP contribution in [-0.4, -0.2) is 18.6 Å². The molecule has 0 aliphatic carbocycles. The monoisotopic (exact) mass is 437 g/mol. The fraction of sp³-hybridized carbons (Fsp3) is 0.269. The number of ether oxygens (including phenoxy) is 2. The molecule has 162 valence electrons. The average Bonchev–Trinajstić information content (AvgIpc) is 2.77. The first-order chi connectivity index (χ1) is 15.0. The van der Waals surface area contributed by atoms with Crippen molar-refractivity contribution in [3.05, 3.63) is 89.4 Å². The van der Waals surface area contributed by atoms with Crippen molar-refractivity contribution in [2.45, 2.75) is 33.4 Å². The minimum Gasteiger partial charge on any atom is -0.459 e. The fourth-order valence-corrected chi connectivity index (χ4v) is 3.62. The number of hydrogen-bond acceptors (Lipinski definition) is 4. The summed E-state index contributed by atoms with van der Waals surface area (Å²) in [7, 11) is 0. The predicted octanol–water partition coefficient (Wildman–Crippen LogP) is 6.73. The average molecular weight is 438 g/mol. The lowest BCUT2D eigenvalue weighted by Crippen LogP contribution is -2.45. The molecule has 0 aromatic heterocycles. The maximum Gasteiger partial charge on any atom is 0.329 e. The van der Waals surface area contributed by atoms with Crippen LogP contribution in [0.2, 0.25) is 5.02 Å². The summed E-state index contributed by atoms with van der Waals surface area (Å²) in [5.74, 6) is 1.30. The molecule has 0 saturated carbocycles. The first-order valence-corrected chi connectivity index (χ1v) is 10.9. The van der Waals surface area contributed by atoms with Gasteiger partial charge >= 0.3 is 5.97 Å². The van der Waals surface area contributed by atoms with Crippen LogP contribution in [0.15, 0.2) is 78.9 Å². The summed E-state index contributed by atoms with van der Waals surface area (Å²) < 4.78 is 11.6. The first kappa shape index (κ1) is 22.7. The van der Waals surface area contributed by atoms with Gasteiger partial charge in [-0.05, 0) is 66.9 Å². The third-order valence-electron chi connectivity index (χ3n) is 4.97. The number of nitrogens with zero attached hydrogens (tertiary/aromatic N) is 1. The lowest BCUT2D eigenvalue weighted by Gasteiger charge is -2.33. The minimum absolute atomic E-state index is 0.0795. The van der Waals surface area contributed by atoms with Crippen LogP contribution in [0.5, 0.6) is 11.5 Å². The molecule has 31 heavy (non-hydrogen) atoms. The largest absolute Gasteiger partial charge is 0.459 e. The summed E-state index contributed by atoms with van der Waals surface area (Å²) >= 11 is 6.03. The molecule has 0 radical (unpaired) electrons. The lowest BCUT2D eigenvalue weighted by atomic mass is 10.0. The van der Waals surface area contributed by atoms with Crippen molar-refractivity contribution in [1.82, 2.24) is 0 Å². The van der Waals surface area contributed by atoms with E-state index in [1.165, 1.54) is 0 Å². The Morgan fingerprint density at radius 1 is 0.935 bits per heavy atom. The number of halogens is 1. The normalized spacial score (nSPS) is 11.8. The Hall–Kier alpha value is -2.98. The summed E-state index contributed by atoms with van der Waals surface area (Å²) in [5.41, 5.74) is 1.82. The Morgan fingerprint density at radius 3 is 2.26 bits per heavy atom. The van der Waals surface area contributed by atoms with Crippen LogP contribution >= 0.6 is 11.6 Å². The van der Waals surface area contributed by atoms with Gasteiger partial charge in [0.25, 0.3) is 0 Å². The Balaban J connectivity index is 1.68. The number of carbonyl (C=O) groups is 1. The van der Waals surface area contributed by atoms with Gasteiger partial charge in [-0.3, -0.25) is 0 Å². The number of esters is 1. The van der Waals surface area contributed by atoms with Crippen LogP contribution in [0.3, 0.4) is 0 Å². The van der Waals surface area contributed by atoms with E-state index < -0.39 is 6.04 Å². The van der Waals surface area contributed by atoms with Crippen molar-refractivity contribution in [3.8, 4) is 11.5 Å². The zero-order valence-corrected chi connectivity index (χ0v) is 18.9. The van der Waals surface area contributed by atoms with Crippen molar-refractivity contribution in [2.75, 3.05) is 11.4 Å². The van der Waals surface area contributed by atoms with Gasteiger partial charge in [0, 0.05) is 17.3 Å². The van der Waals surface area contributed by atoms with E-state index in [1.807, 2.05) is 99.6 Å². The molecule has 0 unspecified atom stereocenters. The fourth-order valence-electron chi connectivity index (χ4n) is 3.49. The molecule has 0 bridgehead atoms. The molecule has 0 N–H and O–H groups in total. The maximum atomic E-state index is 13.1. The highest BCUT2D eigenvalue weighted by Gasteiger charge is 2.30. The summed E-state index contributed by atoms with van der Waals surface area (Å²) in [4.78, 5) is 15.1. The molecule has 0 saturated heterocycles. The van der Waals surface area contributed by atoms with Crippen LogP contribution in [0, 0.1) is 5.92 Å². The Morgan fingerprint density at radius 2 is 1.61 bits per heavy atom. The molecule has 0 heterocycles. The number of para-hydroxylation sites is 1. The molecule has 0 amide bonds. The molecule has 3 aromatic rings. The Bertz CT molecular complexity index is 973. The molecular formula is C26H28ClNO3. The second kappa shape index (κ2) is 10.9. The highest BCUT2D eigenvalue weighted by molar-refractivity contribution is 6.30. The van der Waals surface area contributed by atoms with Gasteiger partial charge in [0.1, 0.15) is 24.1 Å². The molecule has 3 aromatic carbocycles. The number of anilines is 1. The zero-order valence-electron chi connectivity index (χ0n) is 18.1. The van der Waals surface area contributed by atoms with Crippen molar-refractivity contribution < 1.29 is 14.3 Å². The van der Waals surface area contributed by atoms with Gasteiger partial charge < -0.3 is 14.4 Å². The van der Waals surface area contributed by atoms with Crippen LogP contribution in [-0.2, 0) is 16.1 Å². The van der Waals surface area contributed by atoms with E-state index in [9.17, 15) is 4.79 Å². The summed E-state index contributed by atoms with van der Waals surface area (Å²) in [6.07, 6.45) is 0. The van der Waals surface area contributed by atoms with E-state index in [4.69, 9.17) is 21.1 Å². The van der Waals surface area contributed by atoms with Crippen molar-refractivity contribution in [3.63, 3.8) is 0 Å². The van der Waals surface area contributed by atoms with Crippen molar-refractivity contribution >= 4 is 23.3 Å². The van der Waals surface area contributed by atoms with E-state index >= 15 is 0 Å². The second-order valence-corrected chi connectivity index (χ2v) is 8.06. The van der Waals surface area contributed by atoms with Crippen LogP contribution in [0.1, 0.15) is 26.3 Å². The number of benzene rings is 3. The SMILES string of the molecule is CCN(c1ccc(Cl)cc1)[C@H](C(=O)OCc1cccc(Oc2ccccc2)c1)C(C)C. The van der Waals surface area contributed by atoms with E-state index in [0.717, 1.165) is 17.0 Å². The van der Waals surface area contributed by atoms with Crippen molar-refractivity contribution in [1.29, 1.82) is 0 Å². The van der Waals surface area contributed by atoms with Gasteiger partial charge in [-0.15, -0.1) is 0 Å². The van der Waals surface area contributed by atoms with E-state index in [0.29, 0.717) is 17.3 Å². The lowest BCUT2D eigenvalue weighted by molar-refractivity contribution is -0.147. The highest BCUT2D eigenvalue weighted by Crippen LogP contribution is 2.25. The molecular weight excluding hydrogens is 410 g/mol. The molecule has 0 aliphatic heterocycles. The minimum atomic E-state index is -0.394. The number of rotatable bonds is 9. The third-order valence-corrected chi connectivity index (χ3v) is 5.22. The van der Waals surface area contributed by atoms with Gasteiger partial charge in [0.15, 0.2) is 0 Å². The van der Waals surface area contributed by atoms with E-state index in [-0.39, 0.29) is 18.5 Å². The number of likely N-dealkylation sites (N-methyl/N-ethyl adjacent to an activating group) is 1. The molecule has 1 atom stereocenters. The predicted molar refractivity (Wildman–Crippen MR) is 126 cm³/mol. The molecule has 5 heteroatoms. The molecule has 3 rings (SSSR count). The molecule has 0 aliphatic rings. The molecule has 0 spiro atoms. The first-order valence-electron chi connectivity index (χ1n) is 10.5. The Labute approximate surface area is 189 Å². The summed E-state index contributed by atoms with van der Waals surface area (Å²) in [6, 6.07) is 24.3. The van der Waals surface area contributed by atoms with Gasteiger partial charge in [-0.2, -0.15) is 0 Å². The standard InChI is InChI=1S/C26H28ClNO3/c1-4-28(22-15-13-21(27)14-16-22)25(19(2)3)26(29)30-18-20-9-8-12-24(17-20)31-23-10-6-5-7-11-23/h5-17,19,25H,4,18H2,1-3H3/t25-/m0/s1. The topological polar surface area (TPSA) is 38.8 Å². The second-order valence-electron chi connectivity index (χ2n) is 7.62.